The van der Waals surface area contributed by atoms with Gasteiger partial charge in [0.2, 0.25) is 21.8 Å². The summed E-state index contributed by atoms with van der Waals surface area (Å²) in [5.41, 5.74) is 2.37. The molecule has 0 aliphatic heterocycles. The molecule has 0 aliphatic rings. The predicted molar refractivity (Wildman–Crippen MR) is 130 cm³/mol. The Morgan fingerprint density at radius 3 is 2.33 bits per heavy atom. The van der Waals surface area contributed by atoms with Gasteiger partial charge in [-0.3, -0.25) is 13.9 Å². The Morgan fingerprint density at radius 2 is 1.79 bits per heavy atom. The van der Waals surface area contributed by atoms with Gasteiger partial charge in [-0.15, -0.1) is 0 Å². The molecule has 0 saturated carbocycles. The highest BCUT2D eigenvalue weighted by Gasteiger charge is 2.26. The number of ether oxygens (including phenoxy) is 1. The Kier molecular flexibility index (Phi) is 9.28. The van der Waals surface area contributed by atoms with Crippen molar-refractivity contribution in [1.29, 1.82) is 0 Å². The molecule has 0 spiro atoms. The Morgan fingerprint density at radius 1 is 1.12 bits per heavy atom. The van der Waals surface area contributed by atoms with E-state index in [0.29, 0.717) is 17.9 Å². The van der Waals surface area contributed by atoms with E-state index in [4.69, 9.17) is 4.74 Å². The summed E-state index contributed by atoms with van der Waals surface area (Å²) in [4.78, 5) is 26.9. The molecule has 2 aromatic rings. The van der Waals surface area contributed by atoms with Crippen LogP contribution in [0.5, 0.6) is 5.75 Å². The van der Waals surface area contributed by atoms with Crippen molar-refractivity contribution in [3.63, 3.8) is 0 Å². The Labute approximate surface area is 196 Å². The number of methoxy groups -OCH3 is 1. The molecular weight excluding hydrogens is 442 g/mol. The topological polar surface area (TPSA) is 96.0 Å². The van der Waals surface area contributed by atoms with Gasteiger partial charge >= 0.3 is 0 Å². The van der Waals surface area contributed by atoms with Gasteiger partial charge < -0.3 is 15.0 Å². The molecule has 2 amide bonds. The quantitative estimate of drug-likeness (QED) is 0.539. The molecule has 1 atom stereocenters. The van der Waals surface area contributed by atoms with E-state index in [1.165, 1.54) is 16.3 Å². The fraction of sp³-hybridized carbons (Fsp3) is 0.417. The van der Waals surface area contributed by atoms with Crippen molar-refractivity contribution in [2.45, 2.75) is 39.3 Å². The SMILES string of the molecule is CNC(=O)C(C)N(Cc1ccc(OC)cc1)C(=O)CCCN(c1cccc(C)c1)S(C)(=O)=O. The second-order valence-corrected chi connectivity index (χ2v) is 9.84. The van der Waals surface area contributed by atoms with Crippen LogP contribution in [0.2, 0.25) is 0 Å². The van der Waals surface area contributed by atoms with Crippen LogP contribution in [0.3, 0.4) is 0 Å². The van der Waals surface area contributed by atoms with E-state index in [-0.39, 0.29) is 31.3 Å². The van der Waals surface area contributed by atoms with Crippen LogP contribution in [-0.2, 0) is 26.2 Å². The van der Waals surface area contributed by atoms with Gasteiger partial charge in [0.15, 0.2) is 0 Å². The first-order valence-electron chi connectivity index (χ1n) is 10.7. The molecule has 2 aromatic carbocycles. The van der Waals surface area contributed by atoms with Gasteiger partial charge in [-0.1, -0.05) is 24.3 Å². The number of carbonyl (C=O) groups excluding carboxylic acids is 2. The lowest BCUT2D eigenvalue weighted by Crippen LogP contribution is -2.46. The molecule has 8 nitrogen and oxygen atoms in total. The molecular formula is C24H33N3O5S. The summed E-state index contributed by atoms with van der Waals surface area (Å²) in [7, 11) is -0.402. The minimum atomic E-state index is -3.51. The highest BCUT2D eigenvalue weighted by atomic mass is 32.2. The summed E-state index contributed by atoms with van der Waals surface area (Å²) in [6, 6.07) is 13.8. The number of amides is 2. The third-order valence-corrected chi connectivity index (χ3v) is 6.56. The molecule has 33 heavy (non-hydrogen) atoms. The van der Waals surface area contributed by atoms with Gasteiger partial charge in [0, 0.05) is 26.6 Å². The molecule has 0 aliphatic carbocycles. The van der Waals surface area contributed by atoms with Crippen molar-refractivity contribution in [3.05, 3.63) is 59.7 Å². The van der Waals surface area contributed by atoms with Crippen molar-refractivity contribution in [1.82, 2.24) is 10.2 Å². The molecule has 1 unspecified atom stereocenters. The number of carbonyl (C=O) groups is 2. The van der Waals surface area contributed by atoms with Crippen molar-refractivity contribution in [2.24, 2.45) is 0 Å². The fourth-order valence-corrected chi connectivity index (χ4v) is 4.46. The largest absolute Gasteiger partial charge is 0.497 e. The zero-order valence-electron chi connectivity index (χ0n) is 19.9. The van der Waals surface area contributed by atoms with Crippen LogP contribution in [0.15, 0.2) is 48.5 Å². The van der Waals surface area contributed by atoms with Crippen molar-refractivity contribution in [3.8, 4) is 5.75 Å². The smallest absolute Gasteiger partial charge is 0.242 e. The number of hydrogen-bond donors (Lipinski definition) is 1. The second kappa shape index (κ2) is 11.7. The minimum Gasteiger partial charge on any atom is -0.497 e. The predicted octanol–water partition coefficient (Wildman–Crippen LogP) is 2.71. The van der Waals surface area contributed by atoms with Crippen LogP contribution in [0.4, 0.5) is 5.69 Å². The van der Waals surface area contributed by atoms with Gasteiger partial charge in [-0.05, 0) is 55.7 Å². The monoisotopic (exact) mass is 475 g/mol. The average molecular weight is 476 g/mol. The van der Waals surface area contributed by atoms with Crippen LogP contribution < -0.4 is 14.4 Å². The number of hydrogen-bond acceptors (Lipinski definition) is 5. The van der Waals surface area contributed by atoms with Gasteiger partial charge in [-0.25, -0.2) is 8.42 Å². The first kappa shape index (κ1) is 26.2. The van der Waals surface area contributed by atoms with Crippen LogP contribution in [-0.4, -0.2) is 58.1 Å². The van der Waals surface area contributed by atoms with Crippen LogP contribution in [0.1, 0.15) is 30.9 Å². The van der Waals surface area contributed by atoms with Crippen molar-refractivity contribution < 1.29 is 22.7 Å². The number of benzene rings is 2. The highest BCUT2D eigenvalue weighted by Crippen LogP contribution is 2.20. The summed E-state index contributed by atoms with van der Waals surface area (Å²) >= 11 is 0. The lowest BCUT2D eigenvalue weighted by Gasteiger charge is -2.29. The number of nitrogens with one attached hydrogen (secondary N) is 1. The molecule has 0 radical (unpaired) electrons. The van der Waals surface area contributed by atoms with Crippen LogP contribution >= 0.6 is 0 Å². The maximum Gasteiger partial charge on any atom is 0.242 e. The Balaban J connectivity index is 2.14. The maximum atomic E-state index is 13.1. The number of rotatable bonds is 11. The lowest BCUT2D eigenvalue weighted by atomic mass is 10.1. The standard InChI is InChI=1S/C24H33N3O5S/c1-18-8-6-9-21(16-18)27(33(5,30)31)15-7-10-23(28)26(19(2)24(29)25-3)17-20-11-13-22(32-4)14-12-20/h6,8-9,11-14,16,19H,7,10,15,17H2,1-5H3,(H,25,29). The molecule has 0 fully saturated rings. The number of aryl methyl sites for hydroxylation is 1. The van der Waals surface area contributed by atoms with Gasteiger partial charge in [-0.2, -0.15) is 0 Å². The van der Waals surface area contributed by atoms with E-state index in [1.807, 2.05) is 25.1 Å². The maximum absolute atomic E-state index is 13.1. The molecule has 2 rings (SSSR count). The molecule has 0 aromatic heterocycles. The second-order valence-electron chi connectivity index (χ2n) is 7.94. The number of likely N-dealkylation sites (N-methyl/N-ethyl adjacent to an activating group) is 1. The van der Waals surface area contributed by atoms with E-state index in [0.717, 1.165) is 17.4 Å². The van der Waals surface area contributed by atoms with Crippen molar-refractivity contribution >= 4 is 27.5 Å². The highest BCUT2D eigenvalue weighted by molar-refractivity contribution is 7.92. The summed E-state index contributed by atoms with van der Waals surface area (Å²) < 4.78 is 31.2. The van der Waals surface area contributed by atoms with Gasteiger partial charge in [0.05, 0.1) is 19.1 Å². The van der Waals surface area contributed by atoms with E-state index in [2.05, 4.69) is 5.32 Å². The molecule has 180 valence electrons. The number of sulfonamides is 1. The normalized spacial score (nSPS) is 12.0. The first-order chi connectivity index (χ1) is 15.6. The van der Waals surface area contributed by atoms with Gasteiger partial charge in [0.1, 0.15) is 11.8 Å². The van der Waals surface area contributed by atoms with E-state index >= 15 is 0 Å². The van der Waals surface area contributed by atoms with E-state index < -0.39 is 16.1 Å². The molecule has 0 saturated heterocycles. The fourth-order valence-electron chi connectivity index (χ4n) is 3.51. The molecule has 0 heterocycles. The summed E-state index contributed by atoms with van der Waals surface area (Å²) in [6.07, 6.45) is 1.58. The first-order valence-corrected chi connectivity index (χ1v) is 12.6. The zero-order chi connectivity index (χ0) is 24.6. The molecule has 1 N–H and O–H groups in total. The minimum absolute atomic E-state index is 0.106. The lowest BCUT2D eigenvalue weighted by molar-refractivity contribution is -0.140. The number of anilines is 1. The zero-order valence-corrected chi connectivity index (χ0v) is 20.7. The van der Waals surface area contributed by atoms with E-state index in [1.54, 1.807) is 44.4 Å². The Bertz CT molecular complexity index is 1050. The summed E-state index contributed by atoms with van der Waals surface area (Å²) in [5, 5.41) is 2.58. The Hall–Kier alpha value is -3.07. The van der Waals surface area contributed by atoms with E-state index in [9.17, 15) is 18.0 Å². The summed E-state index contributed by atoms with van der Waals surface area (Å²) in [5.74, 6) is 0.210. The molecule has 0 bridgehead atoms. The van der Waals surface area contributed by atoms with Crippen LogP contribution in [0, 0.1) is 6.92 Å². The van der Waals surface area contributed by atoms with Crippen molar-refractivity contribution in [2.75, 3.05) is 31.3 Å². The number of nitrogens with zero attached hydrogens (tertiary/aromatic N) is 2. The third kappa shape index (κ3) is 7.49. The van der Waals surface area contributed by atoms with Gasteiger partial charge in [0.25, 0.3) is 0 Å². The average Bonchev–Trinajstić information content (AvgIpc) is 2.78. The van der Waals surface area contributed by atoms with Crippen LogP contribution in [0.25, 0.3) is 0 Å². The third-order valence-electron chi connectivity index (χ3n) is 5.37. The summed E-state index contributed by atoms with van der Waals surface area (Å²) in [6.45, 7) is 3.99. The molecule has 9 heteroatoms.